The van der Waals surface area contributed by atoms with Crippen LogP contribution in [0, 0.1) is 0 Å². The second-order valence-electron chi connectivity index (χ2n) is 8.93. The number of carbonyl (C=O) groups excluding carboxylic acids is 1. The van der Waals surface area contributed by atoms with E-state index in [1.165, 1.54) is 12.1 Å². The number of carbonyl (C=O) groups is 2. The number of carboxylic acid groups (broad SMARTS) is 1. The van der Waals surface area contributed by atoms with Crippen LogP contribution in [0.4, 0.5) is 0 Å². The van der Waals surface area contributed by atoms with E-state index in [9.17, 15) is 19.8 Å². The van der Waals surface area contributed by atoms with E-state index >= 15 is 0 Å². The van der Waals surface area contributed by atoms with Crippen LogP contribution in [-0.4, -0.2) is 37.1 Å². The maximum absolute atomic E-state index is 12.2. The van der Waals surface area contributed by atoms with Gasteiger partial charge in [-0.15, -0.1) is 5.10 Å². The van der Waals surface area contributed by atoms with Crippen LogP contribution in [0.5, 0.6) is 5.75 Å². The van der Waals surface area contributed by atoms with Crippen molar-refractivity contribution in [3.63, 3.8) is 0 Å². The van der Waals surface area contributed by atoms with Crippen molar-refractivity contribution in [2.45, 2.75) is 32.4 Å². The number of phenols is 1. The van der Waals surface area contributed by atoms with E-state index in [0.29, 0.717) is 53.9 Å². The fraction of sp³-hybridized carbons (Fsp3) is 0.172. The van der Waals surface area contributed by atoms with Crippen molar-refractivity contribution in [1.82, 2.24) is 20.3 Å². The first-order valence-electron chi connectivity index (χ1n) is 12.3. The molecule has 3 aromatic carbocycles. The number of aromatic nitrogens is 3. The summed E-state index contributed by atoms with van der Waals surface area (Å²) in [5.41, 5.74) is 3.08. The van der Waals surface area contributed by atoms with Crippen molar-refractivity contribution >= 4 is 22.8 Å². The Hall–Kier alpha value is -4.92. The smallest absolute Gasteiger partial charge is 0.339 e. The van der Waals surface area contributed by atoms with Gasteiger partial charge in [-0.05, 0) is 24.5 Å². The quantitative estimate of drug-likeness (QED) is 0.219. The van der Waals surface area contributed by atoms with Crippen LogP contribution in [0.1, 0.15) is 35.2 Å². The van der Waals surface area contributed by atoms with Crippen molar-refractivity contribution in [3.8, 4) is 28.3 Å². The van der Waals surface area contributed by atoms with Crippen molar-refractivity contribution in [2.24, 2.45) is 0 Å². The zero-order valence-electron chi connectivity index (χ0n) is 20.5. The molecule has 9 heteroatoms. The van der Waals surface area contributed by atoms with Gasteiger partial charge < -0.3 is 19.9 Å². The van der Waals surface area contributed by atoms with Gasteiger partial charge in [-0.3, -0.25) is 9.48 Å². The van der Waals surface area contributed by atoms with E-state index in [-0.39, 0.29) is 17.2 Å². The average Bonchev–Trinajstić information content (AvgIpc) is 3.54. The lowest BCUT2D eigenvalue weighted by Crippen LogP contribution is -2.22. The molecule has 0 atom stereocenters. The number of hydrogen-bond donors (Lipinski definition) is 3. The lowest BCUT2D eigenvalue weighted by molar-refractivity contribution is -0.121. The number of benzene rings is 3. The Balaban J connectivity index is 1.31. The van der Waals surface area contributed by atoms with Crippen LogP contribution in [0.15, 0.2) is 83.4 Å². The number of nitrogens with one attached hydrogen (secondary N) is 1. The molecule has 192 valence electrons. The van der Waals surface area contributed by atoms with Gasteiger partial charge >= 0.3 is 5.97 Å². The Morgan fingerprint density at radius 1 is 0.974 bits per heavy atom. The van der Waals surface area contributed by atoms with Crippen LogP contribution in [0.25, 0.3) is 33.6 Å². The third-order valence-electron chi connectivity index (χ3n) is 6.24. The molecule has 9 nitrogen and oxygen atoms in total. The minimum Gasteiger partial charge on any atom is -0.507 e. The first-order valence-corrected chi connectivity index (χ1v) is 12.3. The molecule has 0 radical (unpaired) electrons. The lowest BCUT2D eigenvalue weighted by Gasteiger charge is -2.05. The van der Waals surface area contributed by atoms with Crippen LogP contribution in [-0.2, 0) is 17.9 Å². The van der Waals surface area contributed by atoms with Crippen molar-refractivity contribution in [1.29, 1.82) is 0 Å². The number of hydrogen-bond acceptors (Lipinski definition) is 6. The van der Waals surface area contributed by atoms with Crippen LogP contribution in [0.3, 0.4) is 0 Å². The molecule has 0 spiro atoms. The highest BCUT2D eigenvalue weighted by atomic mass is 16.4. The number of unbranched alkanes of at least 4 members (excludes halogenated alkanes) is 1. The SMILES string of the molecule is O=C(CCCCn1cc(-c2c(-c3ccccc3)oc3cc(O)c(C(=O)O)cc23)nn1)NCc1ccccc1. The van der Waals surface area contributed by atoms with Crippen molar-refractivity contribution < 1.29 is 24.2 Å². The number of amides is 1. The highest BCUT2D eigenvalue weighted by molar-refractivity contribution is 6.05. The van der Waals surface area contributed by atoms with E-state index in [1.54, 1.807) is 10.9 Å². The molecule has 2 heterocycles. The normalized spacial score (nSPS) is 11.1. The van der Waals surface area contributed by atoms with Gasteiger partial charge in [0.05, 0.1) is 11.8 Å². The van der Waals surface area contributed by atoms with Gasteiger partial charge in [0, 0.05) is 36.5 Å². The minimum atomic E-state index is -1.24. The zero-order chi connectivity index (χ0) is 26.5. The molecule has 5 rings (SSSR count). The highest BCUT2D eigenvalue weighted by Crippen LogP contribution is 2.42. The summed E-state index contributed by atoms with van der Waals surface area (Å²) in [7, 11) is 0. The van der Waals surface area contributed by atoms with Crippen LogP contribution >= 0.6 is 0 Å². The maximum atomic E-state index is 12.2. The number of fused-ring (bicyclic) bond motifs is 1. The van der Waals surface area contributed by atoms with Gasteiger partial charge in [0.15, 0.2) is 0 Å². The monoisotopic (exact) mass is 510 g/mol. The summed E-state index contributed by atoms with van der Waals surface area (Å²) in [6.45, 7) is 1.08. The predicted molar refractivity (Wildman–Crippen MR) is 141 cm³/mol. The third-order valence-corrected chi connectivity index (χ3v) is 6.24. The second kappa shape index (κ2) is 11.0. The number of furan rings is 1. The topological polar surface area (TPSA) is 130 Å². The van der Waals surface area contributed by atoms with Crippen molar-refractivity contribution in [3.05, 3.63) is 90.1 Å². The standard InChI is InChI=1S/C29H26N4O5/c34-24-16-25-22(15-21(24)29(36)37)27(28(38-25)20-11-5-2-6-12-20)23-18-33(32-31-23)14-8-7-13-26(35)30-17-19-9-3-1-4-10-19/h1-6,9-12,15-16,18,34H,7-8,13-14,17H2,(H,30,35)(H,36,37). The molecular weight excluding hydrogens is 484 g/mol. The molecule has 38 heavy (non-hydrogen) atoms. The largest absolute Gasteiger partial charge is 0.507 e. The van der Waals surface area contributed by atoms with E-state index in [2.05, 4.69) is 15.6 Å². The first-order chi connectivity index (χ1) is 18.5. The molecule has 5 aromatic rings. The van der Waals surface area contributed by atoms with E-state index in [4.69, 9.17) is 4.42 Å². The average molecular weight is 511 g/mol. The zero-order valence-corrected chi connectivity index (χ0v) is 20.5. The maximum Gasteiger partial charge on any atom is 0.339 e. The fourth-order valence-corrected chi connectivity index (χ4v) is 4.32. The Kier molecular flexibility index (Phi) is 7.17. The number of nitrogens with zero attached hydrogens (tertiary/aromatic N) is 3. The molecule has 0 unspecified atom stereocenters. The molecular formula is C29H26N4O5. The van der Waals surface area contributed by atoms with Gasteiger partial charge in [0.1, 0.15) is 28.4 Å². The highest BCUT2D eigenvalue weighted by Gasteiger charge is 2.23. The molecule has 0 aliphatic carbocycles. The molecule has 0 aliphatic heterocycles. The minimum absolute atomic E-state index is 0.00277. The molecule has 0 aliphatic rings. The summed E-state index contributed by atoms with van der Waals surface area (Å²) >= 11 is 0. The first kappa shape index (κ1) is 24.8. The summed E-state index contributed by atoms with van der Waals surface area (Å²) in [6, 6.07) is 21.9. The number of aromatic hydroxyl groups is 1. The molecule has 0 saturated heterocycles. The number of rotatable bonds is 10. The molecule has 0 fully saturated rings. The number of carboxylic acids is 1. The summed E-state index contributed by atoms with van der Waals surface area (Å²) < 4.78 is 7.77. The second-order valence-corrected chi connectivity index (χ2v) is 8.93. The molecule has 2 aromatic heterocycles. The van der Waals surface area contributed by atoms with Gasteiger partial charge in [-0.25, -0.2) is 4.79 Å². The van der Waals surface area contributed by atoms with Crippen LogP contribution < -0.4 is 5.32 Å². The van der Waals surface area contributed by atoms with Gasteiger partial charge in [0.2, 0.25) is 5.91 Å². The third kappa shape index (κ3) is 5.41. The predicted octanol–water partition coefficient (Wildman–Crippen LogP) is 5.25. The molecule has 1 amide bonds. The van der Waals surface area contributed by atoms with Gasteiger partial charge in [-0.1, -0.05) is 65.9 Å². The lowest BCUT2D eigenvalue weighted by atomic mass is 10.0. The van der Waals surface area contributed by atoms with Gasteiger partial charge in [-0.2, -0.15) is 0 Å². The van der Waals surface area contributed by atoms with Gasteiger partial charge in [0.25, 0.3) is 0 Å². The summed E-state index contributed by atoms with van der Waals surface area (Å²) in [5, 5.41) is 31.7. The van der Waals surface area contributed by atoms with E-state index in [1.807, 2.05) is 60.7 Å². The van der Waals surface area contributed by atoms with Crippen molar-refractivity contribution in [2.75, 3.05) is 0 Å². The number of aromatic carboxylic acids is 1. The number of aryl methyl sites for hydroxylation is 1. The van der Waals surface area contributed by atoms with E-state index < -0.39 is 5.97 Å². The Labute approximate surface area is 218 Å². The summed E-state index contributed by atoms with van der Waals surface area (Å²) in [4.78, 5) is 23.8. The van der Waals surface area contributed by atoms with Crippen LogP contribution in [0.2, 0.25) is 0 Å². The Bertz CT molecular complexity index is 1580. The fourth-order valence-electron chi connectivity index (χ4n) is 4.32. The molecule has 0 saturated carbocycles. The van der Waals surface area contributed by atoms with E-state index in [0.717, 1.165) is 17.5 Å². The Morgan fingerprint density at radius 3 is 2.45 bits per heavy atom. The Morgan fingerprint density at radius 2 is 1.71 bits per heavy atom. The molecule has 0 bridgehead atoms. The molecule has 3 N–H and O–H groups in total. The summed E-state index contributed by atoms with van der Waals surface area (Å²) in [5.74, 6) is -1.11. The summed E-state index contributed by atoms with van der Waals surface area (Å²) in [6.07, 6.45) is 3.62.